The van der Waals surface area contributed by atoms with Crippen molar-refractivity contribution in [2.45, 2.75) is 32.5 Å². The summed E-state index contributed by atoms with van der Waals surface area (Å²) in [6.45, 7) is 3.75. The Balaban J connectivity index is 2.20. The lowest BCUT2D eigenvalue weighted by Gasteiger charge is -2.18. The van der Waals surface area contributed by atoms with Crippen LogP contribution >= 0.6 is 0 Å². The van der Waals surface area contributed by atoms with Crippen molar-refractivity contribution in [3.05, 3.63) is 29.8 Å². The molecule has 0 heterocycles. The number of guanidine groups is 1. The standard InChI is InChI=1S/C17H26F3N3O2/c1-13-7-4-5-8-15(13)25-14(2)11-23-16(21-3)22-9-6-10-24-12-17(18,19)20/h4-5,7-8,14H,6,9-12H2,1-3H3,(H2,21,22,23). The summed E-state index contributed by atoms with van der Waals surface area (Å²) in [4.78, 5) is 4.06. The highest BCUT2D eigenvalue weighted by Crippen LogP contribution is 2.17. The quantitative estimate of drug-likeness (QED) is 0.403. The van der Waals surface area contributed by atoms with E-state index in [0.29, 0.717) is 25.5 Å². The summed E-state index contributed by atoms with van der Waals surface area (Å²) < 4.78 is 46.2. The van der Waals surface area contributed by atoms with Crippen LogP contribution in [0.25, 0.3) is 0 Å². The Morgan fingerprint density at radius 1 is 1.24 bits per heavy atom. The fraction of sp³-hybridized carbons (Fsp3) is 0.588. The van der Waals surface area contributed by atoms with Crippen molar-refractivity contribution >= 4 is 5.96 Å². The fourth-order valence-corrected chi connectivity index (χ4v) is 1.98. The molecular weight excluding hydrogens is 335 g/mol. The average Bonchev–Trinajstić information content (AvgIpc) is 2.54. The SMILES string of the molecule is CN=C(NCCCOCC(F)(F)F)NCC(C)Oc1ccccc1C. The Kier molecular flexibility index (Phi) is 9.12. The zero-order chi connectivity index (χ0) is 18.7. The van der Waals surface area contributed by atoms with Crippen molar-refractivity contribution in [2.24, 2.45) is 4.99 Å². The van der Waals surface area contributed by atoms with E-state index in [1.807, 2.05) is 38.1 Å². The van der Waals surface area contributed by atoms with Gasteiger partial charge in [-0.15, -0.1) is 0 Å². The molecule has 8 heteroatoms. The molecule has 0 amide bonds. The molecule has 142 valence electrons. The molecule has 0 bridgehead atoms. The van der Waals surface area contributed by atoms with Crippen LogP contribution in [0.3, 0.4) is 0 Å². The number of para-hydroxylation sites is 1. The van der Waals surface area contributed by atoms with Gasteiger partial charge >= 0.3 is 6.18 Å². The zero-order valence-corrected chi connectivity index (χ0v) is 14.8. The molecule has 1 aromatic carbocycles. The second-order valence-electron chi connectivity index (χ2n) is 5.60. The molecule has 0 aliphatic heterocycles. The highest BCUT2D eigenvalue weighted by atomic mass is 19.4. The van der Waals surface area contributed by atoms with Crippen molar-refractivity contribution in [3.8, 4) is 5.75 Å². The van der Waals surface area contributed by atoms with E-state index in [9.17, 15) is 13.2 Å². The number of aryl methyl sites for hydroxylation is 1. The molecule has 0 aliphatic carbocycles. The lowest BCUT2D eigenvalue weighted by Crippen LogP contribution is -2.42. The Hall–Kier alpha value is -1.96. The first-order valence-corrected chi connectivity index (χ1v) is 8.13. The van der Waals surface area contributed by atoms with Crippen LogP contribution in [-0.4, -0.2) is 51.6 Å². The molecule has 0 aliphatic rings. The van der Waals surface area contributed by atoms with Gasteiger partial charge in [0, 0.05) is 20.2 Å². The normalized spacial score (nSPS) is 13.4. The molecule has 1 unspecified atom stereocenters. The third-order valence-corrected chi connectivity index (χ3v) is 3.23. The molecule has 2 N–H and O–H groups in total. The number of benzene rings is 1. The van der Waals surface area contributed by atoms with Crippen LogP contribution in [0.15, 0.2) is 29.3 Å². The number of alkyl halides is 3. The van der Waals surface area contributed by atoms with Crippen LogP contribution in [0.1, 0.15) is 18.9 Å². The van der Waals surface area contributed by atoms with Crippen LogP contribution in [0, 0.1) is 6.92 Å². The summed E-state index contributed by atoms with van der Waals surface area (Å²) in [6.07, 6.45) is -3.90. The van der Waals surface area contributed by atoms with Gasteiger partial charge in [-0.05, 0) is 31.9 Å². The molecular formula is C17H26F3N3O2. The summed E-state index contributed by atoms with van der Waals surface area (Å²) in [5.41, 5.74) is 1.07. The topological polar surface area (TPSA) is 54.9 Å². The van der Waals surface area contributed by atoms with Gasteiger partial charge in [0.25, 0.3) is 0 Å². The van der Waals surface area contributed by atoms with Crippen LogP contribution in [0.4, 0.5) is 13.2 Å². The molecule has 0 aromatic heterocycles. The Morgan fingerprint density at radius 2 is 1.96 bits per heavy atom. The number of ether oxygens (including phenoxy) is 2. The van der Waals surface area contributed by atoms with Crippen LogP contribution < -0.4 is 15.4 Å². The highest BCUT2D eigenvalue weighted by molar-refractivity contribution is 5.79. The van der Waals surface area contributed by atoms with E-state index in [1.54, 1.807) is 7.05 Å². The molecule has 0 spiro atoms. The van der Waals surface area contributed by atoms with Gasteiger partial charge in [-0.1, -0.05) is 18.2 Å². The van der Waals surface area contributed by atoms with Gasteiger partial charge in [0.15, 0.2) is 5.96 Å². The molecule has 0 saturated carbocycles. The minimum Gasteiger partial charge on any atom is -0.489 e. The molecule has 1 rings (SSSR count). The minimum absolute atomic E-state index is 0.0380. The van der Waals surface area contributed by atoms with Gasteiger partial charge in [-0.2, -0.15) is 13.2 Å². The number of nitrogens with one attached hydrogen (secondary N) is 2. The van der Waals surface area contributed by atoms with Crippen molar-refractivity contribution in [2.75, 3.05) is 33.4 Å². The van der Waals surface area contributed by atoms with E-state index in [4.69, 9.17) is 4.74 Å². The van der Waals surface area contributed by atoms with E-state index in [2.05, 4.69) is 20.4 Å². The van der Waals surface area contributed by atoms with Crippen molar-refractivity contribution in [1.82, 2.24) is 10.6 Å². The second kappa shape index (κ2) is 10.8. The molecule has 0 fully saturated rings. The maximum Gasteiger partial charge on any atom is 0.411 e. The molecule has 0 saturated heterocycles. The third-order valence-electron chi connectivity index (χ3n) is 3.23. The summed E-state index contributed by atoms with van der Waals surface area (Å²) in [5, 5.41) is 6.14. The van der Waals surface area contributed by atoms with E-state index in [1.165, 1.54) is 0 Å². The molecule has 1 aromatic rings. The minimum atomic E-state index is -4.28. The van der Waals surface area contributed by atoms with E-state index < -0.39 is 12.8 Å². The lowest BCUT2D eigenvalue weighted by molar-refractivity contribution is -0.173. The lowest BCUT2D eigenvalue weighted by atomic mass is 10.2. The summed E-state index contributed by atoms with van der Waals surface area (Å²) in [5.74, 6) is 1.40. The first-order valence-electron chi connectivity index (χ1n) is 8.13. The number of rotatable bonds is 9. The third kappa shape index (κ3) is 9.81. The Morgan fingerprint density at radius 3 is 2.60 bits per heavy atom. The van der Waals surface area contributed by atoms with Gasteiger partial charge in [-0.25, -0.2) is 0 Å². The van der Waals surface area contributed by atoms with Crippen molar-refractivity contribution in [3.63, 3.8) is 0 Å². The number of halogens is 3. The number of hydrogen-bond donors (Lipinski definition) is 2. The highest BCUT2D eigenvalue weighted by Gasteiger charge is 2.27. The van der Waals surface area contributed by atoms with E-state index in [0.717, 1.165) is 11.3 Å². The predicted octanol–water partition coefficient (Wildman–Crippen LogP) is 2.90. The van der Waals surface area contributed by atoms with E-state index >= 15 is 0 Å². The van der Waals surface area contributed by atoms with Gasteiger partial charge in [0.1, 0.15) is 18.5 Å². The maximum absolute atomic E-state index is 11.9. The average molecular weight is 361 g/mol. The number of aliphatic imine (C=N–C) groups is 1. The number of nitrogens with zero attached hydrogens (tertiary/aromatic N) is 1. The molecule has 0 radical (unpaired) electrons. The second-order valence-corrected chi connectivity index (χ2v) is 5.60. The van der Waals surface area contributed by atoms with Gasteiger partial charge in [0.05, 0.1) is 6.54 Å². The largest absolute Gasteiger partial charge is 0.489 e. The van der Waals surface area contributed by atoms with Crippen LogP contribution in [0.5, 0.6) is 5.75 Å². The maximum atomic E-state index is 11.9. The Bertz CT molecular complexity index is 536. The number of hydrogen-bond acceptors (Lipinski definition) is 3. The van der Waals surface area contributed by atoms with Gasteiger partial charge in [0.2, 0.25) is 0 Å². The Labute approximate surface area is 146 Å². The predicted molar refractivity (Wildman–Crippen MR) is 92.1 cm³/mol. The first-order chi connectivity index (χ1) is 11.8. The summed E-state index contributed by atoms with van der Waals surface area (Å²) in [7, 11) is 1.63. The molecule has 5 nitrogen and oxygen atoms in total. The first kappa shape index (κ1) is 21.1. The monoisotopic (exact) mass is 361 g/mol. The summed E-state index contributed by atoms with van der Waals surface area (Å²) >= 11 is 0. The van der Waals surface area contributed by atoms with Crippen molar-refractivity contribution in [1.29, 1.82) is 0 Å². The zero-order valence-electron chi connectivity index (χ0n) is 14.8. The summed E-state index contributed by atoms with van der Waals surface area (Å²) in [6, 6.07) is 7.77. The van der Waals surface area contributed by atoms with Gasteiger partial charge < -0.3 is 20.1 Å². The van der Waals surface area contributed by atoms with Crippen molar-refractivity contribution < 1.29 is 22.6 Å². The molecule has 25 heavy (non-hydrogen) atoms. The fourth-order valence-electron chi connectivity index (χ4n) is 1.98. The van der Waals surface area contributed by atoms with Crippen LogP contribution in [-0.2, 0) is 4.74 Å². The van der Waals surface area contributed by atoms with Crippen LogP contribution in [0.2, 0.25) is 0 Å². The van der Waals surface area contributed by atoms with E-state index in [-0.39, 0.29) is 12.7 Å². The van der Waals surface area contributed by atoms with Gasteiger partial charge in [-0.3, -0.25) is 4.99 Å². The molecule has 1 atom stereocenters. The smallest absolute Gasteiger partial charge is 0.411 e.